The molecule has 0 bridgehead atoms. The minimum Gasteiger partial charge on any atom is -0.393 e. The first kappa shape index (κ1) is 21.1. The zero-order chi connectivity index (χ0) is 21.8. The van der Waals surface area contributed by atoms with Crippen LogP contribution in [0.1, 0.15) is 79.1 Å². The Hall–Kier alpha value is -0.420. The smallest absolute Gasteiger partial charge is 0.171 e. The number of rotatable bonds is 0. The number of hydrogen-bond donors (Lipinski definition) is 2. The number of ether oxygens (including phenoxy) is 2. The molecule has 31 heavy (non-hydrogen) atoms. The van der Waals surface area contributed by atoms with Gasteiger partial charge in [-0.2, -0.15) is 0 Å². The minimum atomic E-state index is -0.420. The topological polar surface area (TPSA) is 58.9 Å². The van der Waals surface area contributed by atoms with Crippen LogP contribution >= 0.6 is 0 Å². The second kappa shape index (κ2) is 6.81. The lowest BCUT2D eigenvalue weighted by Gasteiger charge is -2.59. The molecule has 0 aromatic rings. The van der Waals surface area contributed by atoms with Gasteiger partial charge in [0, 0.05) is 24.2 Å². The molecule has 6 rings (SSSR count). The molecule has 3 unspecified atom stereocenters. The van der Waals surface area contributed by atoms with Gasteiger partial charge in [0.2, 0.25) is 0 Å². The Morgan fingerprint density at radius 1 is 1.03 bits per heavy atom. The van der Waals surface area contributed by atoms with Crippen molar-refractivity contribution in [2.75, 3.05) is 6.61 Å². The Morgan fingerprint density at radius 3 is 2.58 bits per heavy atom. The monoisotopic (exact) mass is 430 g/mol. The Morgan fingerprint density at radius 2 is 1.84 bits per heavy atom. The molecule has 3 saturated carbocycles. The quantitative estimate of drug-likeness (QED) is 0.548. The van der Waals surface area contributed by atoms with E-state index in [1.54, 1.807) is 0 Å². The van der Waals surface area contributed by atoms with Crippen molar-refractivity contribution < 1.29 is 19.7 Å². The van der Waals surface area contributed by atoms with Crippen molar-refractivity contribution in [3.8, 4) is 0 Å². The summed E-state index contributed by atoms with van der Waals surface area (Å²) in [5.41, 5.74) is 1.48. The van der Waals surface area contributed by atoms with Crippen LogP contribution in [0, 0.1) is 46.3 Å². The molecule has 4 heteroatoms. The summed E-state index contributed by atoms with van der Waals surface area (Å²) in [6.07, 6.45) is 10.2. The Labute approximate surface area is 187 Å². The third-order valence-corrected chi connectivity index (χ3v) is 11.4. The lowest BCUT2D eigenvalue weighted by atomic mass is 9.46. The zero-order valence-electron chi connectivity index (χ0n) is 19.8. The molecular weight excluding hydrogens is 388 g/mol. The van der Waals surface area contributed by atoms with E-state index in [1.807, 2.05) is 0 Å². The van der Waals surface area contributed by atoms with Gasteiger partial charge in [-0.15, -0.1) is 0 Å². The van der Waals surface area contributed by atoms with Crippen LogP contribution in [-0.2, 0) is 9.47 Å². The first-order valence-electron chi connectivity index (χ1n) is 13.1. The second-order valence-corrected chi connectivity index (χ2v) is 12.8. The van der Waals surface area contributed by atoms with Crippen LogP contribution in [0.5, 0.6) is 0 Å². The van der Waals surface area contributed by atoms with Crippen molar-refractivity contribution in [3.63, 3.8) is 0 Å². The fraction of sp³-hybridized carbons (Fsp3) is 0.926. The van der Waals surface area contributed by atoms with E-state index in [1.165, 1.54) is 24.8 Å². The highest BCUT2D eigenvalue weighted by Gasteiger charge is 2.69. The molecule has 2 aliphatic heterocycles. The van der Waals surface area contributed by atoms with E-state index in [2.05, 4.69) is 33.8 Å². The van der Waals surface area contributed by atoms with Gasteiger partial charge in [-0.3, -0.25) is 0 Å². The molecule has 4 nitrogen and oxygen atoms in total. The van der Waals surface area contributed by atoms with Crippen molar-refractivity contribution >= 4 is 0 Å². The molecule has 5 fully saturated rings. The van der Waals surface area contributed by atoms with Gasteiger partial charge < -0.3 is 19.7 Å². The fourth-order valence-corrected chi connectivity index (χ4v) is 9.72. The molecule has 12 atom stereocenters. The zero-order valence-corrected chi connectivity index (χ0v) is 19.8. The average molecular weight is 431 g/mol. The van der Waals surface area contributed by atoms with E-state index < -0.39 is 6.10 Å². The number of aliphatic hydroxyl groups is 2. The van der Waals surface area contributed by atoms with Gasteiger partial charge in [0.1, 0.15) is 0 Å². The molecule has 2 N–H and O–H groups in total. The first-order chi connectivity index (χ1) is 14.7. The summed E-state index contributed by atoms with van der Waals surface area (Å²) in [6.45, 7) is 10.4. The predicted molar refractivity (Wildman–Crippen MR) is 119 cm³/mol. The molecule has 0 radical (unpaired) electrons. The van der Waals surface area contributed by atoms with Gasteiger partial charge in [0.25, 0.3) is 0 Å². The van der Waals surface area contributed by atoms with Crippen molar-refractivity contribution in [1.82, 2.24) is 0 Å². The van der Waals surface area contributed by atoms with Crippen LogP contribution in [0.2, 0.25) is 0 Å². The SMILES string of the molecule is CC1CC[C@@]2(OC1)O[C@H]1C[C@H]3[C@@H]4CC=C5CC(O)CC(O)[C@]5(C)[C@H]4CC[C@]3(C)[C@H]1[C@@H]2C. The fourth-order valence-electron chi connectivity index (χ4n) is 9.72. The van der Waals surface area contributed by atoms with Crippen molar-refractivity contribution in [2.45, 2.75) is 103 Å². The van der Waals surface area contributed by atoms with E-state index in [4.69, 9.17) is 9.47 Å². The van der Waals surface area contributed by atoms with Crippen LogP contribution in [-0.4, -0.2) is 40.9 Å². The number of aliphatic hydroxyl groups excluding tert-OH is 2. The van der Waals surface area contributed by atoms with Gasteiger partial charge in [-0.25, -0.2) is 0 Å². The highest BCUT2D eigenvalue weighted by atomic mass is 16.7. The summed E-state index contributed by atoms with van der Waals surface area (Å²) in [5, 5.41) is 21.4. The minimum absolute atomic E-state index is 0.155. The highest BCUT2D eigenvalue weighted by molar-refractivity contribution is 5.28. The third kappa shape index (κ3) is 2.68. The van der Waals surface area contributed by atoms with Crippen LogP contribution in [0.25, 0.3) is 0 Å². The van der Waals surface area contributed by atoms with Gasteiger partial charge in [0.15, 0.2) is 5.79 Å². The number of allylic oxidation sites excluding steroid dienone is 1. The lowest BCUT2D eigenvalue weighted by Crippen LogP contribution is -2.56. The van der Waals surface area contributed by atoms with Crippen LogP contribution in [0.3, 0.4) is 0 Å². The summed E-state index contributed by atoms with van der Waals surface area (Å²) >= 11 is 0. The normalized spacial score (nSPS) is 60.7. The molecule has 0 aromatic heterocycles. The molecule has 0 amide bonds. The second-order valence-electron chi connectivity index (χ2n) is 12.8. The Balaban J connectivity index is 1.29. The molecule has 0 aromatic carbocycles. The molecule has 6 aliphatic rings. The van der Waals surface area contributed by atoms with Crippen molar-refractivity contribution in [1.29, 1.82) is 0 Å². The Bertz CT molecular complexity index is 769. The summed E-state index contributed by atoms with van der Waals surface area (Å²) in [7, 11) is 0. The van der Waals surface area contributed by atoms with E-state index in [0.717, 1.165) is 32.3 Å². The van der Waals surface area contributed by atoms with Crippen molar-refractivity contribution in [3.05, 3.63) is 11.6 Å². The van der Waals surface area contributed by atoms with Crippen LogP contribution < -0.4 is 0 Å². The maximum absolute atomic E-state index is 11.1. The van der Waals surface area contributed by atoms with Crippen molar-refractivity contribution in [2.24, 2.45) is 46.3 Å². The summed E-state index contributed by atoms with van der Waals surface area (Å²) in [6, 6.07) is 0. The standard InChI is InChI=1S/C27H42O4/c1-15-7-10-27(30-14-15)16(2)24-22(31-27)13-21-19-6-5-17-11-18(28)12-23(29)26(17,4)20(19)8-9-25(21,24)3/h5,15-16,18-24,28-29H,6-14H2,1-4H3/t15?,16-,18?,19+,20-,21-,22-,23?,24-,25-,26-,27+/m0/s1. The van der Waals surface area contributed by atoms with E-state index in [9.17, 15) is 10.2 Å². The summed E-state index contributed by atoms with van der Waals surface area (Å²) in [4.78, 5) is 0. The van der Waals surface area contributed by atoms with Gasteiger partial charge >= 0.3 is 0 Å². The predicted octanol–water partition coefficient (Wildman–Crippen LogP) is 4.68. The van der Waals surface area contributed by atoms with E-state index in [-0.39, 0.29) is 17.3 Å². The lowest BCUT2D eigenvalue weighted by molar-refractivity contribution is -0.272. The summed E-state index contributed by atoms with van der Waals surface area (Å²) in [5.74, 6) is 3.17. The van der Waals surface area contributed by atoms with E-state index in [0.29, 0.717) is 53.4 Å². The summed E-state index contributed by atoms with van der Waals surface area (Å²) < 4.78 is 13.3. The molecular formula is C27H42O4. The van der Waals surface area contributed by atoms with Gasteiger partial charge in [-0.1, -0.05) is 39.3 Å². The third-order valence-electron chi connectivity index (χ3n) is 11.4. The first-order valence-corrected chi connectivity index (χ1v) is 13.1. The van der Waals surface area contributed by atoms with Crippen LogP contribution in [0.4, 0.5) is 0 Å². The average Bonchev–Trinajstić information content (AvgIpc) is 3.16. The number of hydrogen-bond acceptors (Lipinski definition) is 4. The maximum atomic E-state index is 11.1. The largest absolute Gasteiger partial charge is 0.393 e. The van der Waals surface area contributed by atoms with Gasteiger partial charge in [0.05, 0.1) is 24.9 Å². The molecule has 2 saturated heterocycles. The maximum Gasteiger partial charge on any atom is 0.171 e. The molecule has 4 aliphatic carbocycles. The molecule has 2 heterocycles. The van der Waals surface area contributed by atoms with Crippen LogP contribution in [0.15, 0.2) is 11.6 Å². The highest BCUT2D eigenvalue weighted by Crippen LogP contribution is 2.70. The van der Waals surface area contributed by atoms with Gasteiger partial charge in [-0.05, 0) is 73.5 Å². The molecule has 1 spiro atoms. The molecule has 174 valence electrons. The number of fused-ring (bicyclic) bond motifs is 7. The van der Waals surface area contributed by atoms with E-state index >= 15 is 0 Å². The Kier molecular flexibility index (Phi) is 4.64.